The number of Topliss-reactive ketones (excluding diaryl/α,β-unsaturated/α-hetero) is 3. The third-order valence-electron chi connectivity index (χ3n) is 11.6. The van der Waals surface area contributed by atoms with Gasteiger partial charge in [-0.3, -0.25) is 19.7 Å². The van der Waals surface area contributed by atoms with Gasteiger partial charge in [0.25, 0.3) is 0 Å². The average molecular weight is 1200 g/mol. The number of unbranched alkanes of at least 4 members (excludes halogenated alkanes) is 1. The molecule has 82 heavy (non-hydrogen) atoms. The Labute approximate surface area is 478 Å². The van der Waals surface area contributed by atoms with Crippen molar-refractivity contribution in [2.24, 2.45) is 5.92 Å². The summed E-state index contributed by atoms with van der Waals surface area (Å²) in [7, 11) is -5.40. The van der Waals surface area contributed by atoms with Crippen molar-refractivity contribution in [1.29, 1.82) is 5.26 Å². The maximum atomic E-state index is 13.8. The first-order chi connectivity index (χ1) is 39.1. The van der Waals surface area contributed by atoms with Crippen LogP contribution in [0.3, 0.4) is 0 Å². The number of anilines is 1. The molecular weight excluding hydrogens is 1140 g/mol. The van der Waals surface area contributed by atoms with E-state index in [1.54, 1.807) is 55.0 Å². The molecule has 1 saturated heterocycles. The topological polar surface area (TPSA) is 310 Å². The van der Waals surface area contributed by atoms with Crippen LogP contribution in [0, 0.1) is 23.1 Å². The number of carbonyl (C=O) groups excluding carboxylic acids is 5. The summed E-state index contributed by atoms with van der Waals surface area (Å²) < 4.78 is 111. The molecule has 1 aliphatic carbocycles. The lowest BCUT2D eigenvalue weighted by Crippen LogP contribution is -2.37. The van der Waals surface area contributed by atoms with Crippen LogP contribution in [0.25, 0.3) is 0 Å². The highest BCUT2D eigenvalue weighted by atomic mass is 35.5. The van der Waals surface area contributed by atoms with Crippen molar-refractivity contribution < 1.29 is 87.3 Å². The summed E-state index contributed by atoms with van der Waals surface area (Å²) in [5.41, 5.74) is 0.329. The van der Waals surface area contributed by atoms with Crippen LogP contribution in [-0.2, 0) is 55.3 Å². The van der Waals surface area contributed by atoms with E-state index in [2.05, 4.69) is 15.3 Å². The first-order valence-corrected chi connectivity index (χ1v) is 29.1. The molecule has 2 atom stereocenters. The number of carbonyl (C=O) groups is 5. The van der Waals surface area contributed by atoms with Crippen molar-refractivity contribution in [3.8, 4) is 46.6 Å². The summed E-state index contributed by atoms with van der Waals surface area (Å²) in [4.78, 5) is 68.6. The minimum atomic E-state index is -4.49. The Balaban J connectivity index is 0.000000226. The number of nitrogens with zero attached hydrogens (tertiary/aromatic N) is 3. The first kappa shape index (κ1) is 64.9. The molecule has 1 unspecified atom stereocenters. The summed E-state index contributed by atoms with van der Waals surface area (Å²) in [5.74, 6) is -2.91. The Morgan fingerprint density at radius 2 is 1.54 bits per heavy atom. The first-order valence-electron chi connectivity index (χ1n) is 25.4. The number of halogens is 2. The average Bonchev–Trinajstić information content (AvgIpc) is 4.11. The highest BCUT2D eigenvalue weighted by Gasteiger charge is 2.38. The quantitative estimate of drug-likeness (QED) is 0.0268. The zero-order valence-corrected chi connectivity index (χ0v) is 48.0. The fourth-order valence-corrected chi connectivity index (χ4v) is 9.58. The number of para-hydroxylation sites is 2. The van der Waals surface area contributed by atoms with Crippen molar-refractivity contribution >= 4 is 67.0 Å². The van der Waals surface area contributed by atoms with Crippen LogP contribution in [0.1, 0.15) is 87.2 Å². The van der Waals surface area contributed by atoms with Gasteiger partial charge in [-0.05, 0) is 106 Å². The normalized spacial score (nSPS) is 14.5. The second-order valence-corrected chi connectivity index (χ2v) is 21.4. The minimum absolute atomic E-state index is 0.0190. The number of nitrogens with one attached hydrogen (secondary N) is 2. The number of ether oxygens (including phenoxy) is 8. The Bertz CT molecular complexity index is 3280. The van der Waals surface area contributed by atoms with Crippen LogP contribution in [0.5, 0.6) is 40.5 Å². The number of rotatable bonds is 23. The molecule has 1 aliphatic heterocycles. The summed E-state index contributed by atoms with van der Waals surface area (Å²) >= 11 is 6.41. The number of nitriles is 1. The fourth-order valence-electron chi connectivity index (χ4n) is 7.59. The second-order valence-electron chi connectivity index (χ2n) is 17.8. The van der Waals surface area contributed by atoms with Gasteiger partial charge in [0.2, 0.25) is 17.7 Å². The zero-order valence-electron chi connectivity index (χ0n) is 45.6. The van der Waals surface area contributed by atoms with Gasteiger partial charge in [0.1, 0.15) is 17.4 Å². The highest BCUT2D eigenvalue weighted by Crippen LogP contribution is 2.33. The number of hydrogen-bond acceptors (Lipinski definition) is 21. The third-order valence-corrected chi connectivity index (χ3v) is 14.0. The maximum Gasteiger partial charge on any atom is 0.411 e. The van der Waals surface area contributed by atoms with E-state index in [0.29, 0.717) is 37.7 Å². The van der Waals surface area contributed by atoms with Gasteiger partial charge in [-0.15, -0.1) is 0 Å². The molecule has 440 valence electrons. The molecule has 2 fully saturated rings. The molecule has 1 aromatic heterocycles. The van der Waals surface area contributed by atoms with E-state index in [1.165, 1.54) is 56.7 Å². The van der Waals surface area contributed by atoms with Crippen molar-refractivity contribution in [2.75, 3.05) is 52.2 Å². The van der Waals surface area contributed by atoms with E-state index >= 15 is 0 Å². The van der Waals surface area contributed by atoms with Gasteiger partial charge < -0.3 is 42.1 Å². The van der Waals surface area contributed by atoms with Crippen LogP contribution in [0.2, 0.25) is 5.02 Å². The Kier molecular flexibility index (Phi) is 24.8. The number of sulfone groups is 1. The molecule has 7 rings (SSSR count). The van der Waals surface area contributed by atoms with Gasteiger partial charge in [0.15, 0.2) is 56.4 Å². The molecule has 0 spiro atoms. The highest BCUT2D eigenvalue weighted by molar-refractivity contribution is 7.90. The van der Waals surface area contributed by atoms with Gasteiger partial charge in [0, 0.05) is 36.8 Å². The van der Waals surface area contributed by atoms with Gasteiger partial charge in [-0.25, -0.2) is 27.1 Å². The van der Waals surface area contributed by atoms with E-state index in [9.17, 15) is 45.2 Å². The van der Waals surface area contributed by atoms with Gasteiger partial charge in [0.05, 0.1) is 74.4 Å². The van der Waals surface area contributed by atoms with Crippen molar-refractivity contribution in [1.82, 2.24) is 14.7 Å². The molecule has 0 radical (unpaired) electrons. The van der Waals surface area contributed by atoms with E-state index in [-0.39, 0.29) is 93.7 Å². The Morgan fingerprint density at radius 1 is 0.878 bits per heavy atom. The summed E-state index contributed by atoms with van der Waals surface area (Å²) in [6, 6.07) is 21.2. The number of urea groups is 1. The number of hydrogen-bond donors (Lipinski definition) is 2. The molecule has 23 nitrogen and oxygen atoms in total. The molecule has 2 aliphatic rings. The number of benzene rings is 4. The number of methoxy groups -OCH3 is 2. The molecule has 0 bridgehead atoms. The second kappa shape index (κ2) is 31.3. The maximum absolute atomic E-state index is 13.8. The number of esters is 1. The Morgan fingerprint density at radius 3 is 2.12 bits per heavy atom. The summed E-state index contributed by atoms with van der Waals surface area (Å²) in [6.45, 7) is 6.86. The number of aromatic nitrogens is 2. The van der Waals surface area contributed by atoms with Crippen molar-refractivity contribution in [3.05, 3.63) is 112 Å². The lowest BCUT2D eigenvalue weighted by atomic mass is 9.81. The molecule has 2 heterocycles. The third kappa shape index (κ3) is 19.6. The lowest BCUT2D eigenvalue weighted by molar-refractivity contribution is -0.151. The van der Waals surface area contributed by atoms with Crippen LogP contribution >= 0.6 is 11.6 Å². The lowest BCUT2D eigenvalue weighted by Gasteiger charge is -2.20. The minimum Gasteiger partial charge on any atom is -0.490 e. The van der Waals surface area contributed by atoms with Gasteiger partial charge >= 0.3 is 22.3 Å². The van der Waals surface area contributed by atoms with E-state index < -0.39 is 67.3 Å². The molecular formula is C55H61ClFN5O18S2. The summed E-state index contributed by atoms with van der Waals surface area (Å²) in [5, 5.41) is 10.8. The monoisotopic (exact) mass is 1200 g/mol. The molecule has 1 saturated carbocycles. The van der Waals surface area contributed by atoms with E-state index in [1.807, 2.05) is 13.0 Å². The molecule has 2 amide bonds. The van der Waals surface area contributed by atoms with Crippen LogP contribution in [-0.4, -0.2) is 115 Å². The van der Waals surface area contributed by atoms with Crippen LogP contribution in [0.15, 0.2) is 89.8 Å². The smallest absolute Gasteiger partial charge is 0.411 e. The SMILES string of the molecule is CCCCOC(=O)[C@@H](C)Oc1ccc(Oc2ccc(C#N)cc2F)cc1.CCOc1ccccc1OS(=O)(=O)NC(=O)Nc1nc(OC)cc(OC)n1.CS(=O)(=O)c1ccc(C(=O)C2C(=O)CCCC2=O)c(Cl)c1COCC1CCCO1. The molecule has 4 aromatic carbocycles. The number of ketones is 3. The van der Waals surface area contributed by atoms with Gasteiger partial charge in [-0.1, -0.05) is 37.1 Å². The summed E-state index contributed by atoms with van der Waals surface area (Å²) in [6.07, 6.45) is 4.58. The molecule has 2 N–H and O–H groups in total. The molecule has 27 heteroatoms. The fraction of sp³-hybridized carbons (Fsp3) is 0.382. The largest absolute Gasteiger partial charge is 0.490 e. The van der Waals surface area contributed by atoms with Gasteiger partial charge in [-0.2, -0.15) is 23.6 Å². The van der Waals surface area contributed by atoms with E-state index in [4.69, 9.17) is 58.9 Å². The van der Waals surface area contributed by atoms with Crippen LogP contribution in [0.4, 0.5) is 15.1 Å². The Hall–Kier alpha value is -7.96. The van der Waals surface area contributed by atoms with E-state index in [0.717, 1.165) is 38.0 Å². The molecule has 5 aromatic rings. The van der Waals surface area contributed by atoms with Crippen molar-refractivity contribution in [3.63, 3.8) is 0 Å². The van der Waals surface area contributed by atoms with Crippen LogP contribution < -0.4 is 37.9 Å². The van der Waals surface area contributed by atoms with Crippen molar-refractivity contribution in [2.45, 2.75) is 89.4 Å². The number of amides is 2. The zero-order chi connectivity index (χ0) is 60.0. The standard InChI is InChI=1S/C20H23ClO7S.C20H20FNO4.C15H18N4O7S/c1-29(25,26)17-8-7-13(20(24)18-15(22)5-2-6-16(18)23)19(21)14(17)11-27-10-12-4-3-9-28-12;1-3-4-11-24-20(23)14(2)25-16-6-8-17(9-7-16)26-19-10-5-15(13-22)12-18(19)21;1-4-25-10-7-5-6-8-11(10)26-27(21,22)19-15(20)18-14-16-12(23-2)9-13(17-14)24-3/h7-8,12,18H,2-6,9-11H2,1H3;5-10,12,14H,3-4,11H2,1-2H3;5-9H,4H2,1-3H3,(H2,16,17,18,19,20)/t;14-;/m.1./s1. The predicted molar refractivity (Wildman–Crippen MR) is 293 cm³/mol. The predicted octanol–water partition coefficient (Wildman–Crippen LogP) is 8.50.